The van der Waals surface area contributed by atoms with Crippen molar-refractivity contribution in [1.29, 1.82) is 5.26 Å². The summed E-state index contributed by atoms with van der Waals surface area (Å²) in [6.45, 7) is 10.2. The molecule has 0 aromatic heterocycles. The molecule has 1 fully saturated rings. The molecule has 0 atom stereocenters. The van der Waals surface area contributed by atoms with Gasteiger partial charge in [-0.3, -0.25) is 0 Å². The minimum Gasteiger partial charge on any atom is -0.400 e. The van der Waals surface area contributed by atoms with Crippen LogP contribution in [0.2, 0.25) is 0 Å². The highest BCUT2D eigenvalue weighted by Crippen LogP contribution is 2.39. The van der Waals surface area contributed by atoms with Crippen LogP contribution < -0.4 is 0 Å². The molecule has 3 nitrogen and oxygen atoms in total. The fourth-order valence-electron chi connectivity index (χ4n) is 2.25. The van der Waals surface area contributed by atoms with Crippen molar-refractivity contribution in [2.45, 2.75) is 45.8 Å². The summed E-state index contributed by atoms with van der Waals surface area (Å²) in [7, 11) is -0.410. The van der Waals surface area contributed by atoms with E-state index < -0.39 is 7.12 Å². The minimum atomic E-state index is -0.410. The lowest BCUT2D eigenvalue weighted by Gasteiger charge is -2.32. The number of nitriles is 1. The van der Waals surface area contributed by atoms with Gasteiger partial charge >= 0.3 is 7.12 Å². The summed E-state index contributed by atoms with van der Waals surface area (Å²) in [4.78, 5) is 0. The van der Waals surface area contributed by atoms with Crippen LogP contribution in [-0.4, -0.2) is 24.1 Å². The number of hydrogen-bond acceptors (Lipinski definition) is 4. The van der Waals surface area contributed by atoms with Crippen molar-refractivity contribution in [3.63, 3.8) is 0 Å². The first kappa shape index (κ1) is 17.1. The smallest absolute Gasteiger partial charge is 0.400 e. The van der Waals surface area contributed by atoms with Crippen molar-refractivity contribution in [2.24, 2.45) is 0 Å². The first-order chi connectivity index (χ1) is 10.2. The Balaban J connectivity index is 2.36. The summed E-state index contributed by atoms with van der Waals surface area (Å²) >= 11 is 4.42. The van der Waals surface area contributed by atoms with Crippen LogP contribution in [0.25, 0.3) is 6.08 Å². The average Bonchev–Trinajstić information content (AvgIpc) is 2.66. The summed E-state index contributed by atoms with van der Waals surface area (Å²) in [6, 6.07) is 7.82. The summed E-state index contributed by atoms with van der Waals surface area (Å²) in [5.74, 6) is 0.535. The largest absolute Gasteiger partial charge is 0.491 e. The molecule has 1 heterocycles. The third kappa shape index (κ3) is 3.25. The Morgan fingerprint density at radius 3 is 2.36 bits per heavy atom. The maximum atomic E-state index is 9.06. The Kier molecular flexibility index (Phi) is 4.77. The van der Waals surface area contributed by atoms with Crippen LogP contribution in [0, 0.1) is 18.3 Å². The van der Waals surface area contributed by atoms with E-state index in [0.717, 1.165) is 16.6 Å². The van der Waals surface area contributed by atoms with E-state index in [1.165, 1.54) is 0 Å². The molecule has 116 valence electrons. The second-order valence-electron chi connectivity index (χ2n) is 6.65. The Labute approximate surface area is 138 Å². The molecule has 0 unspecified atom stereocenters. The maximum Gasteiger partial charge on any atom is 0.491 e. The Morgan fingerprint density at radius 1 is 1.27 bits per heavy atom. The highest BCUT2D eigenvalue weighted by atomic mass is 32.1. The number of rotatable bonds is 3. The molecule has 0 amide bonds. The van der Waals surface area contributed by atoms with E-state index in [2.05, 4.69) is 18.7 Å². The van der Waals surface area contributed by atoms with Gasteiger partial charge in [0.25, 0.3) is 0 Å². The lowest BCUT2D eigenvalue weighted by atomic mass is 9.78. The SMILES string of the molecule is Cc1ccc(C#N)cc1C=C(CS)B1OC(C)(C)C(C)(C)O1. The molecule has 1 aliphatic rings. The second kappa shape index (κ2) is 6.12. The third-order valence-electron chi connectivity index (χ3n) is 4.49. The third-order valence-corrected chi connectivity index (χ3v) is 4.85. The second-order valence-corrected chi connectivity index (χ2v) is 6.97. The van der Waals surface area contributed by atoms with Gasteiger partial charge in [-0.15, -0.1) is 0 Å². The molecule has 2 rings (SSSR count). The van der Waals surface area contributed by atoms with E-state index >= 15 is 0 Å². The van der Waals surface area contributed by atoms with Gasteiger partial charge in [0, 0.05) is 5.75 Å². The van der Waals surface area contributed by atoms with Gasteiger partial charge in [-0.05, 0) is 63.4 Å². The zero-order chi connectivity index (χ0) is 16.5. The molecule has 1 aromatic rings. The zero-order valence-corrected chi connectivity index (χ0v) is 14.7. The van der Waals surface area contributed by atoms with Crippen molar-refractivity contribution in [3.8, 4) is 6.07 Å². The number of nitrogens with zero attached hydrogens (tertiary/aromatic N) is 1. The van der Waals surface area contributed by atoms with Gasteiger partial charge < -0.3 is 9.31 Å². The van der Waals surface area contributed by atoms with Gasteiger partial charge in [0.2, 0.25) is 0 Å². The average molecular weight is 315 g/mol. The predicted octanol–water partition coefficient (Wildman–Crippen LogP) is 3.81. The molecule has 1 saturated heterocycles. The van der Waals surface area contributed by atoms with Crippen LogP contribution >= 0.6 is 12.6 Å². The molecule has 0 bridgehead atoms. The lowest BCUT2D eigenvalue weighted by molar-refractivity contribution is 0.00578. The molecule has 5 heteroatoms. The fraction of sp³-hybridized carbons (Fsp3) is 0.471. The van der Waals surface area contributed by atoms with Crippen LogP contribution in [0.5, 0.6) is 0 Å². The monoisotopic (exact) mass is 315 g/mol. The molecule has 0 saturated carbocycles. The summed E-state index contributed by atoms with van der Waals surface area (Å²) in [5.41, 5.74) is 2.96. The lowest BCUT2D eigenvalue weighted by Crippen LogP contribution is -2.41. The topological polar surface area (TPSA) is 42.2 Å². The number of hydrogen-bond donors (Lipinski definition) is 1. The molecule has 0 spiro atoms. The van der Waals surface area contributed by atoms with E-state index in [9.17, 15) is 0 Å². The van der Waals surface area contributed by atoms with E-state index in [0.29, 0.717) is 11.3 Å². The maximum absolute atomic E-state index is 9.06. The predicted molar refractivity (Wildman–Crippen MR) is 93.8 cm³/mol. The Bertz CT molecular complexity index is 631. The van der Waals surface area contributed by atoms with Gasteiger partial charge in [-0.2, -0.15) is 17.9 Å². The summed E-state index contributed by atoms with van der Waals surface area (Å²) in [6.07, 6.45) is 2.02. The van der Waals surface area contributed by atoms with Gasteiger partial charge in [0.15, 0.2) is 0 Å². The van der Waals surface area contributed by atoms with Gasteiger partial charge in [-0.1, -0.05) is 12.1 Å². The van der Waals surface area contributed by atoms with Crippen molar-refractivity contribution in [1.82, 2.24) is 0 Å². The van der Waals surface area contributed by atoms with E-state index in [1.807, 2.05) is 58.9 Å². The van der Waals surface area contributed by atoms with Crippen molar-refractivity contribution in [2.75, 3.05) is 5.75 Å². The quantitative estimate of drug-likeness (QED) is 0.681. The van der Waals surface area contributed by atoms with Gasteiger partial charge in [0.1, 0.15) is 0 Å². The Morgan fingerprint density at radius 2 is 1.86 bits per heavy atom. The normalized spacial score (nSPS) is 20.0. The highest BCUT2D eigenvalue weighted by Gasteiger charge is 2.52. The van der Waals surface area contributed by atoms with E-state index in [-0.39, 0.29) is 11.2 Å². The molecule has 1 aromatic carbocycles. The van der Waals surface area contributed by atoms with Crippen molar-refractivity contribution in [3.05, 3.63) is 40.4 Å². The first-order valence-corrected chi connectivity index (χ1v) is 8.01. The van der Waals surface area contributed by atoms with Crippen LogP contribution in [0.3, 0.4) is 0 Å². The van der Waals surface area contributed by atoms with Crippen molar-refractivity contribution >= 4 is 25.8 Å². The molecule has 0 radical (unpaired) electrons. The zero-order valence-electron chi connectivity index (χ0n) is 13.8. The van der Waals surface area contributed by atoms with E-state index in [1.54, 1.807) is 0 Å². The van der Waals surface area contributed by atoms with Crippen molar-refractivity contribution < 1.29 is 9.31 Å². The van der Waals surface area contributed by atoms with Gasteiger partial charge in [-0.25, -0.2) is 0 Å². The van der Waals surface area contributed by atoms with Crippen LogP contribution in [0.4, 0.5) is 0 Å². The van der Waals surface area contributed by atoms with Gasteiger partial charge in [0.05, 0.1) is 22.8 Å². The number of aryl methyl sites for hydroxylation is 1. The standard InChI is InChI=1S/C17H22BNO2S/c1-12-6-7-13(10-19)8-14(12)9-15(11-22)18-20-16(2,3)17(4,5)21-18/h6-9,22H,11H2,1-5H3. The molecule has 1 aliphatic heterocycles. The molecule has 0 aliphatic carbocycles. The Hall–Kier alpha value is -1.22. The van der Waals surface area contributed by atoms with Crippen LogP contribution in [0.1, 0.15) is 44.4 Å². The number of benzene rings is 1. The fourth-order valence-corrected chi connectivity index (χ4v) is 2.49. The molecule has 22 heavy (non-hydrogen) atoms. The summed E-state index contributed by atoms with van der Waals surface area (Å²) in [5, 5.41) is 9.06. The minimum absolute atomic E-state index is 0.372. The van der Waals surface area contributed by atoms with E-state index in [4.69, 9.17) is 14.6 Å². The first-order valence-electron chi connectivity index (χ1n) is 7.38. The summed E-state index contributed by atoms with van der Waals surface area (Å²) < 4.78 is 12.2. The highest BCUT2D eigenvalue weighted by molar-refractivity contribution is 7.80. The molecular formula is C17H22BNO2S. The number of thiol groups is 1. The molecular weight excluding hydrogens is 293 g/mol. The van der Waals surface area contributed by atoms with Crippen LogP contribution in [0.15, 0.2) is 23.7 Å². The van der Waals surface area contributed by atoms with Crippen LogP contribution in [-0.2, 0) is 9.31 Å². The molecule has 0 N–H and O–H groups in total.